The number of carbonyl (C=O) groups excluding carboxylic acids is 2. The molecule has 2 aliphatic rings. The number of tetrazole rings is 1. The zero-order valence-electron chi connectivity index (χ0n) is 16.3. The minimum atomic E-state index is -1.19. The van der Waals surface area contributed by atoms with Gasteiger partial charge in [-0.3, -0.25) is 19.2 Å². The van der Waals surface area contributed by atoms with Crippen LogP contribution in [0.4, 0.5) is 0 Å². The second kappa shape index (κ2) is 8.51. The highest BCUT2D eigenvalue weighted by Crippen LogP contribution is 2.41. The molecule has 0 bridgehead atoms. The molecule has 0 radical (unpaired) electrons. The first-order valence-electron chi connectivity index (χ1n) is 9.03. The fourth-order valence-corrected chi connectivity index (χ4v) is 5.69. The molecule has 164 valence electrons. The third kappa shape index (κ3) is 4.02. The van der Waals surface area contributed by atoms with Crippen molar-refractivity contribution in [1.82, 2.24) is 40.2 Å². The third-order valence-corrected chi connectivity index (χ3v) is 7.48. The Bertz CT molecular complexity index is 1090. The van der Waals surface area contributed by atoms with Crippen LogP contribution in [-0.2, 0) is 21.4 Å². The van der Waals surface area contributed by atoms with E-state index >= 15 is 0 Å². The van der Waals surface area contributed by atoms with Crippen molar-refractivity contribution in [2.24, 2.45) is 7.05 Å². The van der Waals surface area contributed by atoms with E-state index < -0.39 is 35.2 Å². The molecule has 2 amide bonds. The summed E-state index contributed by atoms with van der Waals surface area (Å²) >= 11 is 8.53. The Morgan fingerprint density at radius 1 is 1.48 bits per heavy atom. The van der Waals surface area contributed by atoms with Crippen LogP contribution in [0, 0.1) is 0 Å². The van der Waals surface area contributed by atoms with Crippen molar-refractivity contribution in [2.45, 2.75) is 29.5 Å². The number of amides is 2. The Hall–Kier alpha value is -2.58. The second-order valence-electron chi connectivity index (χ2n) is 6.84. The lowest BCUT2D eigenvalue weighted by Crippen LogP contribution is -2.71. The largest absolute Gasteiger partial charge is 0.477 e. The van der Waals surface area contributed by atoms with Gasteiger partial charge in [0.1, 0.15) is 23.2 Å². The molecule has 0 aliphatic carbocycles. The topological polar surface area (TPSA) is 148 Å². The van der Waals surface area contributed by atoms with E-state index in [0.29, 0.717) is 27.3 Å². The van der Waals surface area contributed by atoms with E-state index in [1.54, 1.807) is 14.0 Å². The molecule has 2 aromatic rings. The van der Waals surface area contributed by atoms with Crippen molar-refractivity contribution in [3.05, 3.63) is 28.7 Å². The first-order valence-corrected chi connectivity index (χ1v) is 11.4. The first kappa shape index (κ1) is 21.6. The zero-order chi connectivity index (χ0) is 22.3. The molecule has 0 unspecified atom stereocenters. The molecule has 1 saturated heterocycles. The average molecular weight is 485 g/mol. The molecule has 4 heterocycles. The molecular weight excluding hydrogens is 468 g/mol. The summed E-state index contributed by atoms with van der Waals surface area (Å²) in [4.78, 5) is 38.5. The van der Waals surface area contributed by atoms with Gasteiger partial charge in [0.25, 0.3) is 5.91 Å². The highest BCUT2D eigenvalue weighted by atomic mass is 35.5. The number of carboxylic acid groups (broad SMARTS) is 1. The van der Waals surface area contributed by atoms with E-state index in [-0.39, 0.29) is 5.70 Å². The van der Waals surface area contributed by atoms with Crippen molar-refractivity contribution in [2.75, 3.05) is 11.5 Å². The van der Waals surface area contributed by atoms with Gasteiger partial charge in [0, 0.05) is 24.8 Å². The summed E-state index contributed by atoms with van der Waals surface area (Å²) in [5, 5.41) is 28.0. The molecule has 0 aromatic carbocycles. The smallest absolute Gasteiger partial charge is 0.352 e. The summed E-state index contributed by atoms with van der Waals surface area (Å²) in [7, 11) is 1.69. The van der Waals surface area contributed by atoms with Crippen LogP contribution in [0.15, 0.2) is 28.8 Å². The molecular formula is C16H17ClN8O4S2. The molecule has 12 nitrogen and oxygen atoms in total. The predicted molar refractivity (Wildman–Crippen MR) is 111 cm³/mol. The summed E-state index contributed by atoms with van der Waals surface area (Å²) in [6.07, 6.45) is 2.93. The number of aromatic nitrogens is 6. The lowest BCUT2D eigenvalue weighted by Gasteiger charge is -2.49. The van der Waals surface area contributed by atoms with Crippen molar-refractivity contribution in [3.63, 3.8) is 0 Å². The van der Waals surface area contributed by atoms with Crippen LogP contribution in [0.5, 0.6) is 0 Å². The Morgan fingerprint density at radius 2 is 2.26 bits per heavy atom. The van der Waals surface area contributed by atoms with Gasteiger partial charge in [0.15, 0.2) is 0 Å². The SMILES string of the molecule is C[C@H](C(=O)N[C@H]1C(=O)N2C(C(=O)O)=C(CSc3nnnn3C)CS[C@H]12)n1cc(Cl)cn1. The summed E-state index contributed by atoms with van der Waals surface area (Å²) in [6, 6.07) is -1.48. The van der Waals surface area contributed by atoms with Gasteiger partial charge in [-0.1, -0.05) is 23.4 Å². The van der Waals surface area contributed by atoms with Crippen LogP contribution in [0.25, 0.3) is 0 Å². The van der Waals surface area contributed by atoms with Gasteiger partial charge in [-0.15, -0.1) is 16.9 Å². The van der Waals surface area contributed by atoms with Crippen molar-refractivity contribution in [3.8, 4) is 0 Å². The molecule has 31 heavy (non-hydrogen) atoms. The molecule has 15 heteroatoms. The normalized spacial score (nSPS) is 21.5. The number of carbonyl (C=O) groups is 3. The predicted octanol–water partition coefficient (Wildman–Crippen LogP) is 0.152. The number of carboxylic acids is 1. The third-order valence-electron chi connectivity index (χ3n) is 4.85. The minimum Gasteiger partial charge on any atom is -0.477 e. The molecule has 0 saturated carbocycles. The number of aliphatic carboxylic acids is 1. The van der Waals surface area contributed by atoms with Gasteiger partial charge in [0.05, 0.1) is 11.2 Å². The summed E-state index contributed by atoms with van der Waals surface area (Å²) in [5.74, 6) is -1.32. The standard InChI is InChI=1S/C16H17ClN8O4S2/c1-7(24-4-9(17)3-18-24)12(26)19-10-13(27)25-11(15(28)29)8(5-30-14(10)25)6-31-16-20-21-22-23(16)2/h3-4,7,10,14H,5-6H2,1-2H3,(H,19,26)(H,28,29)/t7-,10+,14-/m1/s1. The number of rotatable bonds is 7. The summed E-state index contributed by atoms with van der Waals surface area (Å²) < 4.78 is 2.88. The van der Waals surface area contributed by atoms with Gasteiger partial charge in [-0.2, -0.15) is 5.10 Å². The number of β-lactam (4-membered cyclic amide) rings is 1. The first-order chi connectivity index (χ1) is 14.8. The van der Waals surface area contributed by atoms with E-state index in [1.807, 2.05) is 0 Å². The monoisotopic (exact) mass is 484 g/mol. The Balaban J connectivity index is 1.46. The number of hydrogen-bond donors (Lipinski definition) is 2. The summed E-state index contributed by atoms with van der Waals surface area (Å²) in [5.41, 5.74) is 0.549. The number of aryl methyl sites for hydroxylation is 1. The molecule has 2 aromatic heterocycles. The van der Waals surface area contributed by atoms with E-state index in [2.05, 4.69) is 25.9 Å². The highest BCUT2D eigenvalue weighted by molar-refractivity contribution is 8.01. The fraction of sp³-hybridized carbons (Fsp3) is 0.438. The van der Waals surface area contributed by atoms with Crippen molar-refractivity contribution < 1.29 is 19.5 Å². The number of halogens is 1. The van der Waals surface area contributed by atoms with Crippen LogP contribution in [0.3, 0.4) is 0 Å². The second-order valence-corrected chi connectivity index (χ2v) is 9.33. The Morgan fingerprint density at radius 3 is 2.87 bits per heavy atom. The number of nitrogens with zero attached hydrogens (tertiary/aromatic N) is 7. The van der Waals surface area contributed by atoms with Gasteiger partial charge < -0.3 is 10.4 Å². The zero-order valence-corrected chi connectivity index (χ0v) is 18.7. The lowest BCUT2D eigenvalue weighted by molar-refractivity contribution is -0.151. The van der Waals surface area contributed by atoms with Gasteiger partial charge in [0.2, 0.25) is 11.1 Å². The molecule has 2 aliphatic heterocycles. The number of hydrogen-bond acceptors (Lipinski definition) is 9. The van der Waals surface area contributed by atoms with Crippen molar-refractivity contribution in [1.29, 1.82) is 0 Å². The van der Waals surface area contributed by atoms with Crippen LogP contribution >= 0.6 is 35.1 Å². The maximum atomic E-state index is 12.8. The lowest BCUT2D eigenvalue weighted by atomic mass is 10.0. The van der Waals surface area contributed by atoms with Crippen LogP contribution in [0.1, 0.15) is 13.0 Å². The van der Waals surface area contributed by atoms with E-state index in [0.717, 1.165) is 0 Å². The number of thioether (sulfide) groups is 2. The maximum absolute atomic E-state index is 12.8. The molecule has 0 spiro atoms. The average Bonchev–Trinajstić information content (AvgIpc) is 3.36. The maximum Gasteiger partial charge on any atom is 0.352 e. The number of fused-ring (bicyclic) bond motifs is 1. The van der Waals surface area contributed by atoms with Gasteiger partial charge in [-0.05, 0) is 22.9 Å². The molecule has 4 rings (SSSR count). The quantitative estimate of drug-likeness (QED) is 0.411. The number of nitrogens with one attached hydrogen (secondary N) is 1. The van der Waals surface area contributed by atoms with Crippen molar-refractivity contribution >= 4 is 52.9 Å². The molecule has 2 N–H and O–H groups in total. The Labute approximate surface area is 189 Å². The minimum absolute atomic E-state index is 0.0474. The Kier molecular flexibility index (Phi) is 5.94. The highest BCUT2D eigenvalue weighted by Gasteiger charge is 2.54. The van der Waals surface area contributed by atoms with Crippen LogP contribution in [0.2, 0.25) is 5.02 Å². The van der Waals surface area contributed by atoms with Gasteiger partial charge >= 0.3 is 5.97 Å². The van der Waals surface area contributed by atoms with E-state index in [4.69, 9.17) is 11.6 Å². The molecule has 1 fully saturated rings. The van der Waals surface area contributed by atoms with Crippen LogP contribution in [-0.4, -0.2) is 80.7 Å². The fourth-order valence-electron chi connectivity index (χ4n) is 3.21. The van der Waals surface area contributed by atoms with E-state index in [9.17, 15) is 19.5 Å². The molecule has 3 atom stereocenters. The van der Waals surface area contributed by atoms with Gasteiger partial charge in [-0.25, -0.2) is 9.48 Å². The summed E-state index contributed by atoms with van der Waals surface area (Å²) in [6.45, 7) is 1.63. The van der Waals surface area contributed by atoms with E-state index in [1.165, 1.54) is 50.2 Å². The van der Waals surface area contributed by atoms with Crippen LogP contribution < -0.4 is 5.32 Å².